The van der Waals surface area contributed by atoms with Gasteiger partial charge in [0.05, 0.1) is 5.75 Å². The smallest absolute Gasteiger partial charge is 0.227 e. The highest BCUT2D eigenvalue weighted by atomic mass is 32.2. The number of nitrogens with zero attached hydrogens (tertiary/aromatic N) is 4. The van der Waals surface area contributed by atoms with E-state index in [1.807, 2.05) is 31.2 Å². The molecular weight excluding hydrogens is 438 g/mol. The molecule has 8 nitrogen and oxygen atoms in total. The van der Waals surface area contributed by atoms with Gasteiger partial charge in [-0.3, -0.25) is 9.89 Å². The Morgan fingerprint density at radius 1 is 1.12 bits per heavy atom. The molecule has 32 heavy (non-hydrogen) atoms. The summed E-state index contributed by atoms with van der Waals surface area (Å²) < 4.78 is 32.3. The van der Waals surface area contributed by atoms with E-state index in [0.29, 0.717) is 22.6 Å². The van der Waals surface area contributed by atoms with Gasteiger partial charge in [-0.15, -0.1) is 5.10 Å². The number of nitrogens with one attached hydrogen (secondary N) is 2. The quantitative estimate of drug-likeness (QED) is 0.380. The lowest BCUT2D eigenvalue weighted by Gasteiger charge is -2.06. The van der Waals surface area contributed by atoms with E-state index in [2.05, 4.69) is 30.6 Å². The van der Waals surface area contributed by atoms with Gasteiger partial charge in [0.2, 0.25) is 17.0 Å². The van der Waals surface area contributed by atoms with Crippen LogP contribution >= 0.6 is 11.8 Å². The largest absolute Gasteiger partial charge is 0.339 e. The van der Waals surface area contributed by atoms with Crippen LogP contribution in [0.5, 0.6) is 0 Å². The second-order valence-electron chi connectivity index (χ2n) is 6.87. The van der Waals surface area contributed by atoms with E-state index >= 15 is 0 Å². The van der Waals surface area contributed by atoms with Crippen molar-refractivity contribution in [1.29, 1.82) is 0 Å². The number of H-pyrrole nitrogens is 1. The molecule has 0 saturated heterocycles. The number of rotatable bonds is 8. The number of aromatic amines is 1. The summed E-state index contributed by atoms with van der Waals surface area (Å²) in [4.78, 5) is 20.7. The standard InChI is InChI=1S/C21H18F2N6O2S/c1-12-5-7-13(8-6-12)20-26-21(28-27-20)32-11-16-24-18(31-29-16)10-9-17(30)25-19-14(22)3-2-4-15(19)23/h2-8H,9-11H2,1H3,(H,25,30)(H,26,27,28). The van der Waals surface area contributed by atoms with Crippen molar-refractivity contribution < 1.29 is 18.1 Å². The fourth-order valence-corrected chi connectivity index (χ4v) is 3.41. The molecule has 0 fully saturated rings. The summed E-state index contributed by atoms with van der Waals surface area (Å²) in [6.45, 7) is 2.01. The van der Waals surface area contributed by atoms with Crippen LogP contribution in [0.25, 0.3) is 11.4 Å². The first-order valence-electron chi connectivity index (χ1n) is 9.65. The molecule has 0 spiro atoms. The number of hydrogen-bond donors (Lipinski definition) is 2. The number of carbonyl (C=O) groups is 1. The molecule has 4 aromatic rings. The molecule has 0 radical (unpaired) electrons. The number of para-hydroxylation sites is 1. The van der Waals surface area contributed by atoms with E-state index in [1.165, 1.54) is 17.8 Å². The highest BCUT2D eigenvalue weighted by Gasteiger charge is 2.14. The average molecular weight is 456 g/mol. The Kier molecular flexibility index (Phi) is 6.55. The molecule has 2 aromatic carbocycles. The van der Waals surface area contributed by atoms with Gasteiger partial charge in [-0.05, 0) is 19.1 Å². The average Bonchev–Trinajstić information content (AvgIpc) is 3.44. The van der Waals surface area contributed by atoms with Gasteiger partial charge >= 0.3 is 0 Å². The van der Waals surface area contributed by atoms with Gasteiger partial charge in [-0.25, -0.2) is 13.8 Å². The van der Waals surface area contributed by atoms with Crippen molar-refractivity contribution in [2.45, 2.75) is 30.7 Å². The minimum Gasteiger partial charge on any atom is -0.339 e. The number of halogens is 2. The molecule has 0 unspecified atom stereocenters. The lowest BCUT2D eigenvalue weighted by molar-refractivity contribution is -0.116. The highest BCUT2D eigenvalue weighted by molar-refractivity contribution is 7.98. The van der Waals surface area contributed by atoms with E-state index in [-0.39, 0.29) is 18.7 Å². The Morgan fingerprint density at radius 3 is 2.62 bits per heavy atom. The summed E-state index contributed by atoms with van der Waals surface area (Å²) in [5.74, 6) is -0.527. The van der Waals surface area contributed by atoms with E-state index < -0.39 is 23.2 Å². The second kappa shape index (κ2) is 9.69. The molecule has 4 rings (SSSR count). The Bertz CT molecular complexity index is 1210. The van der Waals surface area contributed by atoms with Crippen LogP contribution in [0.4, 0.5) is 14.5 Å². The molecule has 0 aliphatic heterocycles. The fraction of sp³-hybridized carbons (Fsp3) is 0.190. The first-order chi connectivity index (χ1) is 15.5. The van der Waals surface area contributed by atoms with Gasteiger partial charge < -0.3 is 9.84 Å². The maximum Gasteiger partial charge on any atom is 0.227 e. The molecule has 2 N–H and O–H groups in total. The normalized spacial score (nSPS) is 11.0. The number of benzene rings is 2. The van der Waals surface area contributed by atoms with E-state index in [4.69, 9.17) is 4.52 Å². The first kappa shape index (κ1) is 21.6. The third kappa shape index (κ3) is 5.35. The number of aromatic nitrogens is 5. The van der Waals surface area contributed by atoms with Crippen molar-refractivity contribution >= 4 is 23.4 Å². The van der Waals surface area contributed by atoms with Crippen LogP contribution in [0, 0.1) is 18.6 Å². The number of carbonyl (C=O) groups excluding carboxylic acids is 1. The van der Waals surface area contributed by atoms with Gasteiger partial charge in [-0.1, -0.05) is 52.8 Å². The van der Waals surface area contributed by atoms with Gasteiger partial charge in [0.1, 0.15) is 17.3 Å². The van der Waals surface area contributed by atoms with Crippen LogP contribution in [0.15, 0.2) is 52.1 Å². The maximum atomic E-state index is 13.6. The zero-order valence-corrected chi connectivity index (χ0v) is 17.7. The Morgan fingerprint density at radius 2 is 1.88 bits per heavy atom. The van der Waals surface area contributed by atoms with Crippen molar-refractivity contribution in [3.8, 4) is 11.4 Å². The summed E-state index contributed by atoms with van der Waals surface area (Å²) in [6, 6.07) is 11.3. The minimum absolute atomic E-state index is 0.0661. The lowest BCUT2D eigenvalue weighted by atomic mass is 10.1. The summed E-state index contributed by atoms with van der Waals surface area (Å²) in [6.07, 6.45) is 0.0706. The highest BCUT2D eigenvalue weighted by Crippen LogP contribution is 2.22. The minimum atomic E-state index is -0.840. The van der Waals surface area contributed by atoms with Gasteiger partial charge in [-0.2, -0.15) is 4.98 Å². The zero-order chi connectivity index (χ0) is 22.5. The predicted molar refractivity (Wildman–Crippen MR) is 114 cm³/mol. The molecule has 11 heteroatoms. The summed E-state index contributed by atoms with van der Waals surface area (Å²) in [5.41, 5.74) is 1.62. The molecule has 0 bridgehead atoms. The molecule has 0 aliphatic rings. The molecule has 2 heterocycles. The number of aryl methyl sites for hydroxylation is 2. The van der Waals surface area contributed by atoms with Crippen molar-refractivity contribution in [3.63, 3.8) is 0 Å². The summed E-state index contributed by atoms with van der Waals surface area (Å²) >= 11 is 1.33. The van der Waals surface area contributed by atoms with Crippen molar-refractivity contribution in [2.24, 2.45) is 0 Å². The lowest BCUT2D eigenvalue weighted by Crippen LogP contribution is -2.14. The number of amides is 1. The van der Waals surface area contributed by atoms with E-state index in [0.717, 1.165) is 23.3 Å². The van der Waals surface area contributed by atoms with Crippen LogP contribution < -0.4 is 5.32 Å². The zero-order valence-electron chi connectivity index (χ0n) is 16.9. The first-order valence-corrected chi connectivity index (χ1v) is 10.6. The van der Waals surface area contributed by atoms with Gasteiger partial charge in [0, 0.05) is 18.4 Å². The van der Waals surface area contributed by atoms with Gasteiger partial charge in [0.15, 0.2) is 11.6 Å². The SMILES string of the molecule is Cc1ccc(-c2nc(SCc3noc(CCC(=O)Nc4c(F)cccc4F)n3)n[nH]2)cc1. The Balaban J connectivity index is 1.27. The second-order valence-corrected chi connectivity index (χ2v) is 7.81. The number of thioether (sulfide) groups is 1. The van der Waals surface area contributed by atoms with Gasteiger partial charge in [0.25, 0.3) is 0 Å². The van der Waals surface area contributed by atoms with Crippen molar-refractivity contribution in [2.75, 3.05) is 5.32 Å². The Labute approximate surface area is 185 Å². The van der Waals surface area contributed by atoms with Crippen LogP contribution in [0.2, 0.25) is 0 Å². The number of hydrogen-bond acceptors (Lipinski definition) is 7. The van der Waals surface area contributed by atoms with Crippen molar-refractivity contribution in [1.82, 2.24) is 25.3 Å². The molecule has 0 aliphatic carbocycles. The molecule has 0 atom stereocenters. The molecular formula is C21H18F2N6O2S. The monoisotopic (exact) mass is 456 g/mol. The predicted octanol–water partition coefficient (Wildman–Crippen LogP) is 4.30. The van der Waals surface area contributed by atoms with Crippen LogP contribution in [-0.4, -0.2) is 31.2 Å². The van der Waals surface area contributed by atoms with Crippen LogP contribution in [0.3, 0.4) is 0 Å². The molecule has 1 amide bonds. The molecule has 164 valence electrons. The van der Waals surface area contributed by atoms with E-state index in [9.17, 15) is 13.6 Å². The van der Waals surface area contributed by atoms with Crippen LogP contribution in [-0.2, 0) is 17.0 Å². The van der Waals surface area contributed by atoms with Crippen molar-refractivity contribution in [3.05, 3.63) is 71.4 Å². The maximum absolute atomic E-state index is 13.6. The third-order valence-electron chi connectivity index (χ3n) is 4.42. The molecule has 0 saturated carbocycles. The van der Waals surface area contributed by atoms with E-state index in [1.54, 1.807) is 0 Å². The van der Waals surface area contributed by atoms with Crippen LogP contribution in [0.1, 0.15) is 23.7 Å². The number of anilines is 1. The molecule has 2 aromatic heterocycles. The summed E-state index contributed by atoms with van der Waals surface area (Å²) in [7, 11) is 0. The fourth-order valence-electron chi connectivity index (χ4n) is 2.77. The topological polar surface area (TPSA) is 110 Å². The third-order valence-corrected chi connectivity index (χ3v) is 5.27. The summed E-state index contributed by atoms with van der Waals surface area (Å²) in [5, 5.41) is 13.7. The Hall–Kier alpha value is -3.60.